The lowest BCUT2D eigenvalue weighted by atomic mass is 10.2. The number of aromatic nitrogens is 2. The highest BCUT2D eigenvalue weighted by Gasteiger charge is 2.14. The summed E-state index contributed by atoms with van der Waals surface area (Å²) in [6.45, 7) is 1.66. The van der Waals surface area contributed by atoms with E-state index in [1.807, 2.05) is 24.9 Å². The zero-order valence-corrected chi connectivity index (χ0v) is 11.0. The molecule has 0 unspecified atom stereocenters. The van der Waals surface area contributed by atoms with Crippen LogP contribution in [0.25, 0.3) is 11.0 Å². The Morgan fingerprint density at radius 3 is 2.89 bits per heavy atom. The van der Waals surface area contributed by atoms with Gasteiger partial charge in [-0.25, -0.2) is 9.78 Å². The first-order valence-corrected chi connectivity index (χ1v) is 5.90. The number of carbonyl (C=O) groups is 1. The summed E-state index contributed by atoms with van der Waals surface area (Å²) in [5.41, 5.74) is 0.751. The van der Waals surface area contributed by atoms with Crippen LogP contribution in [0.4, 0.5) is 0 Å². The predicted molar refractivity (Wildman–Crippen MR) is 70.3 cm³/mol. The maximum absolute atomic E-state index is 10.9. The molecule has 6 heteroatoms. The third-order valence-corrected chi connectivity index (χ3v) is 3.15. The van der Waals surface area contributed by atoms with E-state index in [2.05, 4.69) is 9.88 Å². The maximum atomic E-state index is 10.9. The van der Waals surface area contributed by atoms with E-state index in [1.165, 1.54) is 6.20 Å². The van der Waals surface area contributed by atoms with Gasteiger partial charge < -0.3 is 14.6 Å². The van der Waals surface area contributed by atoms with Crippen LogP contribution in [-0.2, 0) is 6.54 Å². The smallest absolute Gasteiger partial charge is 0.338 e. The molecule has 96 valence electrons. The third-order valence-electron chi connectivity index (χ3n) is 2.74. The largest absolute Gasteiger partial charge is 0.478 e. The molecule has 0 aliphatic heterocycles. The van der Waals surface area contributed by atoms with Crippen molar-refractivity contribution in [3.05, 3.63) is 29.0 Å². The molecule has 2 aromatic rings. The second kappa shape index (κ2) is 4.96. The van der Waals surface area contributed by atoms with Crippen LogP contribution in [0, 0.1) is 0 Å². The SMILES string of the molecule is CN(C)CCn1ccc2c(Cl)c(C(=O)O)cnc21. The van der Waals surface area contributed by atoms with Crippen LogP contribution < -0.4 is 0 Å². The molecule has 0 fully saturated rings. The highest BCUT2D eigenvalue weighted by atomic mass is 35.5. The number of hydrogen-bond donors (Lipinski definition) is 1. The standard InChI is InChI=1S/C12H14ClN3O2/c1-15(2)5-6-16-4-3-8-10(13)9(12(17)18)7-14-11(8)16/h3-4,7H,5-6H2,1-2H3,(H,17,18). The van der Waals surface area contributed by atoms with Crippen LogP contribution in [0.1, 0.15) is 10.4 Å². The zero-order chi connectivity index (χ0) is 13.3. The molecule has 0 radical (unpaired) electrons. The molecule has 0 aliphatic rings. The zero-order valence-electron chi connectivity index (χ0n) is 10.2. The van der Waals surface area contributed by atoms with Crippen LogP contribution >= 0.6 is 11.6 Å². The monoisotopic (exact) mass is 267 g/mol. The third kappa shape index (κ3) is 2.32. The molecular formula is C12H14ClN3O2. The molecule has 0 aliphatic carbocycles. The number of likely N-dealkylation sites (N-methyl/N-ethyl adjacent to an activating group) is 1. The summed E-state index contributed by atoms with van der Waals surface area (Å²) >= 11 is 6.07. The second-order valence-corrected chi connectivity index (χ2v) is 4.72. The molecule has 2 heterocycles. The molecular weight excluding hydrogens is 254 g/mol. The minimum atomic E-state index is -1.06. The van der Waals surface area contributed by atoms with Crippen molar-refractivity contribution in [1.29, 1.82) is 0 Å². The van der Waals surface area contributed by atoms with E-state index in [0.29, 0.717) is 11.0 Å². The summed E-state index contributed by atoms with van der Waals surface area (Å²) in [5, 5.41) is 9.89. The highest BCUT2D eigenvalue weighted by molar-refractivity contribution is 6.38. The Bertz CT molecular complexity index is 592. The van der Waals surface area contributed by atoms with Crippen LogP contribution in [0.15, 0.2) is 18.5 Å². The van der Waals surface area contributed by atoms with Gasteiger partial charge in [-0.1, -0.05) is 11.6 Å². The van der Waals surface area contributed by atoms with E-state index < -0.39 is 5.97 Å². The lowest BCUT2D eigenvalue weighted by Gasteiger charge is -2.10. The van der Waals surface area contributed by atoms with E-state index >= 15 is 0 Å². The first kappa shape index (κ1) is 12.9. The average molecular weight is 268 g/mol. The number of fused-ring (bicyclic) bond motifs is 1. The minimum Gasteiger partial charge on any atom is -0.478 e. The van der Waals surface area contributed by atoms with E-state index in [-0.39, 0.29) is 10.6 Å². The molecule has 1 N–H and O–H groups in total. The topological polar surface area (TPSA) is 58.4 Å². The molecule has 5 nitrogen and oxygen atoms in total. The molecule has 0 spiro atoms. The van der Waals surface area contributed by atoms with Crippen molar-refractivity contribution in [1.82, 2.24) is 14.5 Å². The normalized spacial score (nSPS) is 11.3. The van der Waals surface area contributed by atoms with E-state index in [1.54, 1.807) is 6.07 Å². The number of aromatic carboxylic acids is 1. The van der Waals surface area contributed by atoms with Crippen LogP contribution in [0.5, 0.6) is 0 Å². The highest BCUT2D eigenvalue weighted by Crippen LogP contribution is 2.26. The summed E-state index contributed by atoms with van der Waals surface area (Å²) in [6.07, 6.45) is 3.18. The Labute approximate surface area is 110 Å². The summed E-state index contributed by atoms with van der Waals surface area (Å²) in [7, 11) is 3.99. The Hall–Kier alpha value is -1.59. The summed E-state index contributed by atoms with van der Waals surface area (Å²) in [6, 6.07) is 1.80. The fraction of sp³-hybridized carbons (Fsp3) is 0.333. The Morgan fingerprint density at radius 1 is 1.56 bits per heavy atom. The van der Waals surface area contributed by atoms with Gasteiger partial charge >= 0.3 is 5.97 Å². The van der Waals surface area contributed by atoms with Gasteiger partial charge in [-0.3, -0.25) is 0 Å². The van der Waals surface area contributed by atoms with Crippen LogP contribution in [0.3, 0.4) is 0 Å². The number of halogens is 1. The number of rotatable bonds is 4. The summed E-state index contributed by atoms with van der Waals surface area (Å²) < 4.78 is 1.97. The lowest BCUT2D eigenvalue weighted by Crippen LogP contribution is -2.18. The first-order valence-electron chi connectivity index (χ1n) is 5.52. The fourth-order valence-corrected chi connectivity index (χ4v) is 2.02. The van der Waals surface area contributed by atoms with Crippen molar-refractivity contribution in [3.8, 4) is 0 Å². The van der Waals surface area contributed by atoms with Gasteiger partial charge in [-0.05, 0) is 20.2 Å². The summed E-state index contributed by atoms with van der Waals surface area (Å²) in [5.74, 6) is -1.06. The van der Waals surface area contributed by atoms with Gasteiger partial charge in [-0.15, -0.1) is 0 Å². The number of hydrogen-bond acceptors (Lipinski definition) is 3. The molecule has 18 heavy (non-hydrogen) atoms. The quantitative estimate of drug-likeness (QED) is 0.920. The number of carboxylic acid groups (broad SMARTS) is 1. The van der Waals surface area contributed by atoms with Gasteiger partial charge in [0.15, 0.2) is 0 Å². The van der Waals surface area contributed by atoms with Crippen molar-refractivity contribution in [2.75, 3.05) is 20.6 Å². The van der Waals surface area contributed by atoms with Crippen molar-refractivity contribution in [2.45, 2.75) is 6.54 Å². The molecule has 2 aromatic heterocycles. The summed E-state index contributed by atoms with van der Waals surface area (Å²) in [4.78, 5) is 17.2. The van der Waals surface area contributed by atoms with Crippen molar-refractivity contribution in [2.24, 2.45) is 0 Å². The number of carboxylic acids is 1. The van der Waals surface area contributed by atoms with E-state index in [4.69, 9.17) is 16.7 Å². The Balaban J connectivity index is 2.43. The Morgan fingerprint density at radius 2 is 2.28 bits per heavy atom. The number of nitrogens with zero attached hydrogens (tertiary/aromatic N) is 3. The maximum Gasteiger partial charge on any atom is 0.338 e. The van der Waals surface area contributed by atoms with Crippen molar-refractivity contribution in [3.63, 3.8) is 0 Å². The lowest BCUT2D eigenvalue weighted by molar-refractivity contribution is 0.0697. The molecule has 0 amide bonds. The average Bonchev–Trinajstić information content (AvgIpc) is 2.70. The minimum absolute atomic E-state index is 0.0366. The molecule has 0 bridgehead atoms. The second-order valence-electron chi connectivity index (χ2n) is 4.34. The predicted octanol–water partition coefficient (Wildman–Crippen LogP) is 1.95. The van der Waals surface area contributed by atoms with Gasteiger partial charge in [0.25, 0.3) is 0 Å². The van der Waals surface area contributed by atoms with Crippen molar-refractivity contribution >= 4 is 28.6 Å². The molecule has 0 saturated carbocycles. The van der Waals surface area contributed by atoms with E-state index in [9.17, 15) is 4.79 Å². The van der Waals surface area contributed by atoms with Gasteiger partial charge in [0, 0.05) is 30.9 Å². The van der Waals surface area contributed by atoms with Gasteiger partial charge in [0.05, 0.1) is 10.6 Å². The van der Waals surface area contributed by atoms with Crippen LogP contribution in [-0.4, -0.2) is 46.2 Å². The van der Waals surface area contributed by atoms with Crippen LogP contribution in [0.2, 0.25) is 5.02 Å². The molecule has 0 aromatic carbocycles. The molecule has 0 atom stereocenters. The van der Waals surface area contributed by atoms with Gasteiger partial charge in [-0.2, -0.15) is 0 Å². The molecule has 0 saturated heterocycles. The van der Waals surface area contributed by atoms with Crippen molar-refractivity contribution < 1.29 is 9.90 Å². The molecule has 2 rings (SSSR count). The van der Waals surface area contributed by atoms with Gasteiger partial charge in [0.1, 0.15) is 5.65 Å². The fourth-order valence-electron chi connectivity index (χ4n) is 1.74. The Kier molecular flexibility index (Phi) is 3.54. The van der Waals surface area contributed by atoms with Gasteiger partial charge in [0.2, 0.25) is 0 Å². The first-order chi connectivity index (χ1) is 8.50. The van der Waals surface area contributed by atoms with E-state index in [0.717, 1.165) is 13.1 Å². The number of pyridine rings is 1.